The first-order valence-corrected chi connectivity index (χ1v) is 14.4. The molecule has 1 N–H and O–H groups in total. The quantitative estimate of drug-likeness (QED) is 0.243. The Morgan fingerprint density at radius 3 is 2.19 bits per heavy atom. The maximum atomic E-state index is 14.0. The molecule has 0 spiro atoms. The lowest BCUT2D eigenvalue weighted by molar-refractivity contribution is -0.385. The standard InChI is InChI=1S/C29H33FN4O7S/c1-19(2)31-29(36)21(4)32(17-22-7-9-23(30)10-8-22)28(35)18-33(24-11-13-25(41-5)14-12-24)42(39,40)26-15-6-20(3)27(16-26)34(37)38/h6-16,19,21H,17-18H2,1-5H3,(H,31,36)/t21-/m0/s1. The fourth-order valence-electron chi connectivity index (χ4n) is 4.13. The lowest BCUT2D eigenvalue weighted by atomic mass is 10.1. The van der Waals surface area contributed by atoms with E-state index in [0.29, 0.717) is 11.3 Å². The van der Waals surface area contributed by atoms with Gasteiger partial charge in [0.1, 0.15) is 24.2 Å². The topological polar surface area (TPSA) is 139 Å². The Bertz CT molecular complexity index is 1550. The number of ether oxygens (including phenoxy) is 1. The number of nitrogens with zero attached hydrogens (tertiary/aromatic N) is 3. The highest BCUT2D eigenvalue weighted by Crippen LogP contribution is 2.29. The van der Waals surface area contributed by atoms with Crippen molar-refractivity contribution in [2.75, 3.05) is 18.0 Å². The van der Waals surface area contributed by atoms with Gasteiger partial charge in [0, 0.05) is 24.2 Å². The lowest BCUT2D eigenvalue weighted by Gasteiger charge is -2.32. The maximum Gasteiger partial charge on any atom is 0.273 e. The fourth-order valence-corrected chi connectivity index (χ4v) is 5.56. The molecule has 11 nitrogen and oxygen atoms in total. The molecule has 224 valence electrons. The number of carbonyl (C=O) groups is 2. The van der Waals surface area contributed by atoms with Crippen molar-refractivity contribution in [2.45, 2.75) is 51.2 Å². The number of methoxy groups -OCH3 is 1. The Kier molecular flexibility index (Phi) is 10.2. The zero-order valence-corrected chi connectivity index (χ0v) is 24.7. The summed E-state index contributed by atoms with van der Waals surface area (Å²) in [5.74, 6) is -1.24. The van der Waals surface area contributed by atoms with Gasteiger partial charge in [-0.1, -0.05) is 18.2 Å². The summed E-state index contributed by atoms with van der Waals surface area (Å²) in [6.07, 6.45) is 0. The van der Waals surface area contributed by atoms with E-state index in [1.165, 1.54) is 86.5 Å². The molecule has 13 heteroatoms. The SMILES string of the molecule is COc1ccc(N(CC(=O)N(Cc2ccc(F)cc2)[C@@H](C)C(=O)NC(C)C)S(=O)(=O)c2ccc(C)c([N+](=O)[O-])c2)cc1. The minimum atomic E-state index is -4.53. The summed E-state index contributed by atoms with van der Waals surface area (Å²) < 4.78 is 47.5. The van der Waals surface area contributed by atoms with Crippen LogP contribution in [0.4, 0.5) is 15.8 Å². The van der Waals surface area contributed by atoms with Crippen LogP contribution in [0.3, 0.4) is 0 Å². The number of aryl methyl sites for hydroxylation is 1. The third-order valence-electron chi connectivity index (χ3n) is 6.47. The molecule has 1 atom stereocenters. The zero-order valence-electron chi connectivity index (χ0n) is 23.9. The zero-order chi connectivity index (χ0) is 31.2. The van der Waals surface area contributed by atoms with Crippen LogP contribution in [-0.2, 0) is 26.2 Å². The second kappa shape index (κ2) is 13.4. The highest BCUT2D eigenvalue weighted by atomic mass is 32.2. The second-order valence-electron chi connectivity index (χ2n) is 9.90. The average molecular weight is 601 g/mol. The number of anilines is 1. The van der Waals surface area contributed by atoms with Gasteiger partial charge in [-0.05, 0) is 75.7 Å². The number of carbonyl (C=O) groups excluding carboxylic acids is 2. The Hall–Kier alpha value is -4.52. The third-order valence-corrected chi connectivity index (χ3v) is 8.24. The van der Waals surface area contributed by atoms with Gasteiger partial charge in [-0.2, -0.15) is 0 Å². The molecule has 0 aromatic heterocycles. The van der Waals surface area contributed by atoms with Gasteiger partial charge in [-0.3, -0.25) is 24.0 Å². The summed E-state index contributed by atoms with van der Waals surface area (Å²) in [5, 5.41) is 14.3. The van der Waals surface area contributed by atoms with E-state index in [1.54, 1.807) is 13.8 Å². The van der Waals surface area contributed by atoms with Gasteiger partial charge in [0.2, 0.25) is 11.8 Å². The van der Waals surface area contributed by atoms with E-state index < -0.39 is 50.9 Å². The van der Waals surface area contributed by atoms with Crippen LogP contribution in [0.5, 0.6) is 5.75 Å². The van der Waals surface area contributed by atoms with E-state index in [0.717, 1.165) is 10.4 Å². The van der Waals surface area contributed by atoms with E-state index in [2.05, 4.69) is 5.32 Å². The second-order valence-corrected chi connectivity index (χ2v) is 11.8. The van der Waals surface area contributed by atoms with Crippen molar-refractivity contribution in [3.8, 4) is 5.75 Å². The van der Waals surface area contributed by atoms with Crippen molar-refractivity contribution in [2.24, 2.45) is 0 Å². The number of nitro groups is 1. The van der Waals surface area contributed by atoms with Gasteiger partial charge in [-0.15, -0.1) is 0 Å². The Labute approximate surface area is 244 Å². The maximum absolute atomic E-state index is 14.0. The summed E-state index contributed by atoms with van der Waals surface area (Å²) in [7, 11) is -3.09. The Morgan fingerprint density at radius 1 is 1.02 bits per heavy atom. The molecule has 2 amide bonds. The summed E-state index contributed by atoms with van der Waals surface area (Å²) in [4.78, 5) is 38.5. The van der Waals surface area contributed by atoms with Crippen molar-refractivity contribution < 1.29 is 32.1 Å². The fraction of sp³-hybridized carbons (Fsp3) is 0.310. The number of rotatable bonds is 12. The molecule has 0 heterocycles. The summed E-state index contributed by atoms with van der Waals surface area (Å²) in [5.41, 5.74) is 0.478. The van der Waals surface area contributed by atoms with Crippen molar-refractivity contribution in [1.29, 1.82) is 0 Å². The molecule has 0 aliphatic rings. The van der Waals surface area contributed by atoms with E-state index >= 15 is 0 Å². The van der Waals surface area contributed by atoms with Gasteiger partial charge in [0.25, 0.3) is 15.7 Å². The van der Waals surface area contributed by atoms with Crippen molar-refractivity contribution >= 4 is 33.2 Å². The number of hydrogen-bond donors (Lipinski definition) is 1. The van der Waals surface area contributed by atoms with E-state index in [-0.39, 0.29) is 28.7 Å². The Balaban J connectivity index is 2.09. The van der Waals surface area contributed by atoms with E-state index in [1.807, 2.05) is 0 Å². The smallest absolute Gasteiger partial charge is 0.273 e. The van der Waals surface area contributed by atoms with Gasteiger partial charge in [-0.25, -0.2) is 12.8 Å². The number of amides is 2. The molecule has 0 unspecified atom stereocenters. The molecular formula is C29H33FN4O7S. The number of nitro benzene ring substituents is 1. The van der Waals surface area contributed by atoms with Gasteiger partial charge in [0.05, 0.1) is 22.6 Å². The first-order valence-electron chi connectivity index (χ1n) is 13.0. The van der Waals surface area contributed by atoms with Gasteiger partial charge in [0.15, 0.2) is 0 Å². The van der Waals surface area contributed by atoms with Crippen molar-refractivity contribution in [3.05, 3.63) is 93.8 Å². The van der Waals surface area contributed by atoms with Crippen LogP contribution in [0.15, 0.2) is 71.6 Å². The van der Waals surface area contributed by atoms with Crippen LogP contribution < -0.4 is 14.4 Å². The molecule has 0 radical (unpaired) electrons. The van der Waals surface area contributed by atoms with Crippen LogP contribution in [0, 0.1) is 22.9 Å². The minimum Gasteiger partial charge on any atom is -0.497 e. The van der Waals surface area contributed by atoms with Crippen LogP contribution in [0.25, 0.3) is 0 Å². The Morgan fingerprint density at radius 2 is 1.64 bits per heavy atom. The summed E-state index contributed by atoms with van der Waals surface area (Å²) in [6.45, 7) is 5.66. The predicted octanol–water partition coefficient (Wildman–Crippen LogP) is 4.19. The molecular weight excluding hydrogens is 567 g/mol. The average Bonchev–Trinajstić information content (AvgIpc) is 2.94. The molecule has 0 saturated heterocycles. The molecule has 3 aromatic rings. The number of sulfonamides is 1. The van der Waals surface area contributed by atoms with E-state index in [4.69, 9.17) is 4.74 Å². The predicted molar refractivity (Wildman–Crippen MR) is 155 cm³/mol. The van der Waals surface area contributed by atoms with Gasteiger partial charge < -0.3 is 15.0 Å². The first-order chi connectivity index (χ1) is 19.7. The van der Waals surface area contributed by atoms with Crippen LogP contribution in [0.1, 0.15) is 31.9 Å². The number of nitrogens with one attached hydrogen (secondary N) is 1. The highest BCUT2D eigenvalue weighted by molar-refractivity contribution is 7.92. The lowest BCUT2D eigenvalue weighted by Crippen LogP contribution is -2.52. The molecule has 0 bridgehead atoms. The molecule has 0 aliphatic carbocycles. The first kappa shape index (κ1) is 32.0. The molecule has 0 aliphatic heterocycles. The number of hydrogen-bond acceptors (Lipinski definition) is 7. The van der Waals surface area contributed by atoms with Crippen molar-refractivity contribution in [3.63, 3.8) is 0 Å². The molecule has 3 rings (SSSR count). The molecule has 0 saturated carbocycles. The largest absolute Gasteiger partial charge is 0.497 e. The molecule has 42 heavy (non-hydrogen) atoms. The van der Waals surface area contributed by atoms with Gasteiger partial charge >= 0.3 is 0 Å². The van der Waals surface area contributed by atoms with Crippen molar-refractivity contribution in [1.82, 2.24) is 10.2 Å². The van der Waals surface area contributed by atoms with E-state index in [9.17, 15) is 32.5 Å². The normalized spacial score (nSPS) is 12.0. The summed E-state index contributed by atoms with van der Waals surface area (Å²) in [6, 6.07) is 13.5. The van der Waals surface area contributed by atoms with Crippen LogP contribution in [-0.4, -0.2) is 55.8 Å². The molecule has 3 aromatic carbocycles. The molecule has 0 fully saturated rings. The highest BCUT2D eigenvalue weighted by Gasteiger charge is 2.33. The monoisotopic (exact) mass is 600 g/mol. The van der Waals surface area contributed by atoms with Crippen LogP contribution in [0.2, 0.25) is 0 Å². The summed E-state index contributed by atoms with van der Waals surface area (Å²) >= 11 is 0. The number of halogens is 1. The third kappa shape index (κ3) is 7.60. The number of benzene rings is 3. The minimum absolute atomic E-state index is 0.0911. The van der Waals surface area contributed by atoms with Crippen LogP contribution >= 0.6 is 0 Å².